The molecule has 0 saturated carbocycles. The first-order valence-electron chi connectivity index (χ1n) is 10.8. The molecule has 180 valence electrons. The van der Waals surface area contributed by atoms with Crippen molar-refractivity contribution in [3.05, 3.63) is 64.7 Å². The third-order valence-electron chi connectivity index (χ3n) is 5.17. The number of sulfonamides is 1. The second-order valence-corrected chi connectivity index (χ2v) is 10.8. The molecule has 2 aromatic carbocycles. The van der Waals surface area contributed by atoms with Crippen molar-refractivity contribution in [2.75, 3.05) is 13.6 Å². The minimum atomic E-state index is -3.87. The van der Waals surface area contributed by atoms with E-state index < -0.39 is 28.5 Å². The Bertz CT molecular complexity index is 1050. The van der Waals surface area contributed by atoms with Gasteiger partial charge in [-0.05, 0) is 57.0 Å². The van der Waals surface area contributed by atoms with Crippen LogP contribution >= 0.6 is 11.6 Å². The minimum Gasteiger partial charge on any atom is -0.352 e. The van der Waals surface area contributed by atoms with Gasteiger partial charge in [0.25, 0.3) is 0 Å². The molecular weight excluding hydrogens is 462 g/mol. The van der Waals surface area contributed by atoms with Gasteiger partial charge < -0.3 is 10.2 Å². The average Bonchev–Trinajstić information content (AvgIpc) is 2.74. The second-order valence-electron chi connectivity index (χ2n) is 8.31. The first-order valence-corrected chi connectivity index (χ1v) is 12.6. The first kappa shape index (κ1) is 26.8. The van der Waals surface area contributed by atoms with E-state index in [1.54, 1.807) is 36.4 Å². The van der Waals surface area contributed by atoms with E-state index in [1.165, 1.54) is 24.1 Å². The summed E-state index contributed by atoms with van der Waals surface area (Å²) < 4.78 is 27.0. The Morgan fingerprint density at radius 1 is 1.03 bits per heavy atom. The molecule has 0 bridgehead atoms. The van der Waals surface area contributed by atoms with Crippen LogP contribution in [-0.4, -0.2) is 55.1 Å². The van der Waals surface area contributed by atoms with Crippen LogP contribution in [0.4, 0.5) is 0 Å². The highest BCUT2D eigenvalue weighted by atomic mass is 35.5. The predicted octanol–water partition coefficient (Wildman–Crippen LogP) is 3.60. The van der Waals surface area contributed by atoms with Gasteiger partial charge in [0.15, 0.2) is 0 Å². The Morgan fingerprint density at radius 2 is 1.61 bits per heavy atom. The van der Waals surface area contributed by atoms with Crippen molar-refractivity contribution in [2.24, 2.45) is 0 Å². The van der Waals surface area contributed by atoms with E-state index in [-0.39, 0.29) is 23.4 Å². The molecule has 0 radical (unpaired) electrons. The van der Waals surface area contributed by atoms with Crippen molar-refractivity contribution < 1.29 is 18.0 Å². The molecule has 0 spiro atoms. The molecule has 0 aliphatic carbocycles. The molecule has 0 fully saturated rings. The minimum absolute atomic E-state index is 0.0939. The Morgan fingerprint density at radius 3 is 2.12 bits per heavy atom. The standard InChI is InChI=1S/C24H32ClN3O4S/c1-6-22(24(30)26-17(2)3)28(15-19-9-11-20(25)12-10-19)23(29)16-27(5)33(31,32)21-13-7-18(4)8-14-21/h7-14,17,22H,6,15-16H2,1-5H3,(H,26,30)/t22-/m0/s1. The van der Waals surface area contributed by atoms with E-state index in [1.807, 2.05) is 27.7 Å². The number of rotatable bonds is 10. The van der Waals surface area contributed by atoms with Crippen LogP contribution in [0.2, 0.25) is 5.02 Å². The fourth-order valence-corrected chi connectivity index (χ4v) is 4.59. The summed E-state index contributed by atoms with van der Waals surface area (Å²) in [4.78, 5) is 27.8. The van der Waals surface area contributed by atoms with Gasteiger partial charge in [0, 0.05) is 24.7 Å². The van der Waals surface area contributed by atoms with Gasteiger partial charge in [-0.2, -0.15) is 4.31 Å². The van der Waals surface area contributed by atoms with Crippen molar-refractivity contribution in [1.29, 1.82) is 0 Å². The second kappa shape index (κ2) is 11.6. The van der Waals surface area contributed by atoms with E-state index in [0.717, 1.165) is 15.4 Å². The molecule has 33 heavy (non-hydrogen) atoms. The Balaban J connectivity index is 2.31. The smallest absolute Gasteiger partial charge is 0.243 e. The van der Waals surface area contributed by atoms with Crippen LogP contribution in [0, 0.1) is 6.92 Å². The van der Waals surface area contributed by atoms with Gasteiger partial charge in [-0.15, -0.1) is 0 Å². The number of hydrogen-bond acceptors (Lipinski definition) is 4. The predicted molar refractivity (Wildman–Crippen MR) is 130 cm³/mol. The molecule has 0 aliphatic rings. The zero-order valence-corrected chi connectivity index (χ0v) is 21.3. The summed E-state index contributed by atoms with van der Waals surface area (Å²) in [5.41, 5.74) is 1.72. The van der Waals surface area contributed by atoms with E-state index in [9.17, 15) is 18.0 Å². The van der Waals surface area contributed by atoms with Crippen LogP contribution < -0.4 is 5.32 Å². The number of aryl methyl sites for hydroxylation is 1. The van der Waals surface area contributed by atoms with Crippen LogP contribution in [0.15, 0.2) is 53.4 Å². The average molecular weight is 494 g/mol. The van der Waals surface area contributed by atoms with Gasteiger partial charge in [0.05, 0.1) is 11.4 Å². The van der Waals surface area contributed by atoms with Crippen LogP contribution in [0.3, 0.4) is 0 Å². The number of nitrogens with zero attached hydrogens (tertiary/aromatic N) is 2. The summed E-state index contributed by atoms with van der Waals surface area (Å²) in [6.45, 7) is 7.13. The van der Waals surface area contributed by atoms with Crippen molar-refractivity contribution >= 4 is 33.4 Å². The first-order chi connectivity index (χ1) is 15.4. The molecule has 1 N–H and O–H groups in total. The summed E-state index contributed by atoms with van der Waals surface area (Å²) in [6.07, 6.45) is 0.381. The molecule has 7 nitrogen and oxygen atoms in total. The summed E-state index contributed by atoms with van der Waals surface area (Å²) in [7, 11) is -2.50. The zero-order chi connectivity index (χ0) is 24.8. The molecule has 2 amide bonds. The Kier molecular flexibility index (Phi) is 9.46. The summed E-state index contributed by atoms with van der Waals surface area (Å²) >= 11 is 5.98. The van der Waals surface area contributed by atoms with Crippen molar-refractivity contribution in [3.63, 3.8) is 0 Å². The van der Waals surface area contributed by atoms with Crippen LogP contribution in [0.1, 0.15) is 38.3 Å². The van der Waals surface area contributed by atoms with Crippen molar-refractivity contribution in [1.82, 2.24) is 14.5 Å². The van der Waals surface area contributed by atoms with E-state index in [0.29, 0.717) is 11.4 Å². The van der Waals surface area contributed by atoms with Gasteiger partial charge in [0.2, 0.25) is 21.8 Å². The van der Waals surface area contributed by atoms with Gasteiger partial charge in [-0.1, -0.05) is 48.4 Å². The lowest BCUT2D eigenvalue weighted by Crippen LogP contribution is -2.52. The SMILES string of the molecule is CC[C@@H](C(=O)NC(C)C)N(Cc1ccc(Cl)cc1)C(=O)CN(C)S(=O)(=O)c1ccc(C)cc1. The lowest BCUT2D eigenvalue weighted by Gasteiger charge is -2.32. The molecule has 2 rings (SSSR count). The number of amides is 2. The van der Waals surface area contributed by atoms with E-state index >= 15 is 0 Å². The monoisotopic (exact) mass is 493 g/mol. The number of carbonyl (C=O) groups is 2. The molecule has 9 heteroatoms. The van der Waals surface area contributed by atoms with Crippen LogP contribution in [0.5, 0.6) is 0 Å². The third kappa shape index (κ3) is 7.28. The fraction of sp³-hybridized carbons (Fsp3) is 0.417. The highest BCUT2D eigenvalue weighted by Gasteiger charge is 2.32. The normalized spacial score (nSPS) is 12.6. The summed E-state index contributed by atoms with van der Waals surface area (Å²) in [5, 5.41) is 3.41. The van der Waals surface area contributed by atoms with Crippen molar-refractivity contribution in [2.45, 2.75) is 57.6 Å². The number of halogens is 1. The number of nitrogens with one attached hydrogen (secondary N) is 1. The van der Waals surface area contributed by atoms with Crippen LogP contribution in [-0.2, 0) is 26.2 Å². The molecule has 0 heterocycles. The molecular formula is C24H32ClN3O4S. The van der Waals surface area contributed by atoms with Gasteiger partial charge in [-0.3, -0.25) is 9.59 Å². The zero-order valence-electron chi connectivity index (χ0n) is 19.7. The number of likely N-dealkylation sites (N-methyl/N-ethyl adjacent to an activating group) is 1. The van der Waals surface area contributed by atoms with Gasteiger partial charge in [-0.25, -0.2) is 8.42 Å². The Hall–Kier alpha value is -2.42. The maximum absolute atomic E-state index is 13.4. The number of benzene rings is 2. The lowest BCUT2D eigenvalue weighted by molar-refractivity contribution is -0.141. The highest BCUT2D eigenvalue weighted by molar-refractivity contribution is 7.89. The van der Waals surface area contributed by atoms with Crippen molar-refractivity contribution in [3.8, 4) is 0 Å². The van der Waals surface area contributed by atoms with E-state index in [4.69, 9.17) is 11.6 Å². The largest absolute Gasteiger partial charge is 0.352 e. The Labute approximate surface area is 201 Å². The molecule has 1 atom stereocenters. The highest BCUT2D eigenvalue weighted by Crippen LogP contribution is 2.18. The molecule has 0 unspecified atom stereocenters. The van der Waals surface area contributed by atoms with Crippen LogP contribution in [0.25, 0.3) is 0 Å². The third-order valence-corrected chi connectivity index (χ3v) is 7.24. The van der Waals surface area contributed by atoms with E-state index in [2.05, 4.69) is 5.32 Å². The number of carbonyl (C=O) groups excluding carboxylic acids is 2. The quantitative estimate of drug-likeness (QED) is 0.547. The fourth-order valence-electron chi connectivity index (χ4n) is 3.34. The molecule has 0 aliphatic heterocycles. The molecule has 2 aromatic rings. The molecule has 0 aromatic heterocycles. The maximum Gasteiger partial charge on any atom is 0.243 e. The number of hydrogen-bond donors (Lipinski definition) is 1. The summed E-state index contributed by atoms with van der Waals surface area (Å²) in [6, 6.07) is 12.6. The molecule has 0 saturated heterocycles. The van der Waals surface area contributed by atoms with Gasteiger partial charge in [0.1, 0.15) is 6.04 Å². The van der Waals surface area contributed by atoms with Gasteiger partial charge >= 0.3 is 0 Å². The summed E-state index contributed by atoms with van der Waals surface area (Å²) in [5.74, 6) is -0.743. The lowest BCUT2D eigenvalue weighted by atomic mass is 10.1. The topological polar surface area (TPSA) is 86.8 Å². The maximum atomic E-state index is 13.4.